The van der Waals surface area contributed by atoms with Gasteiger partial charge in [-0.3, -0.25) is 4.79 Å². The molecule has 0 fully saturated rings. The summed E-state index contributed by atoms with van der Waals surface area (Å²) in [5.74, 6) is 0.672. The van der Waals surface area contributed by atoms with Crippen LogP contribution in [0.2, 0.25) is 5.02 Å². The lowest BCUT2D eigenvalue weighted by atomic mass is 10.1. The molecule has 0 saturated carbocycles. The minimum absolute atomic E-state index is 0.310. The van der Waals surface area contributed by atoms with Gasteiger partial charge in [-0.1, -0.05) is 11.6 Å². The summed E-state index contributed by atoms with van der Waals surface area (Å²) in [6, 6.07) is 13.3. The van der Waals surface area contributed by atoms with Crippen LogP contribution in [-0.4, -0.2) is 34.6 Å². The third kappa shape index (κ3) is 6.18. The van der Waals surface area contributed by atoms with Crippen LogP contribution in [0.1, 0.15) is 31.1 Å². The highest BCUT2D eigenvalue weighted by molar-refractivity contribution is 6.34. The largest absolute Gasteiger partial charge is 0.497 e. The van der Waals surface area contributed by atoms with E-state index in [4.69, 9.17) is 16.3 Å². The molecule has 3 amide bonds. The fraction of sp³-hybridized carbons (Fsp3) is 0.217. The standard InChI is InChI=1S/C23H24ClN5O3/c1-23(2,3)29-22(31)27-19-11-15(7-10-17(19)24)21(30)28-20-12-18(25-13-26-20)14-5-8-16(32-4)9-6-14/h5-13H,1-4H3,(H2,27,29,31)(H,25,26,28,30). The number of benzene rings is 2. The fourth-order valence-electron chi connectivity index (χ4n) is 2.79. The Labute approximate surface area is 191 Å². The predicted molar refractivity (Wildman–Crippen MR) is 125 cm³/mol. The molecule has 0 aliphatic carbocycles. The molecule has 166 valence electrons. The SMILES string of the molecule is COc1ccc(-c2cc(NC(=O)c3ccc(Cl)c(NC(=O)NC(C)(C)C)c3)ncn2)cc1. The van der Waals surface area contributed by atoms with E-state index in [-0.39, 0.29) is 0 Å². The van der Waals surface area contributed by atoms with E-state index in [1.165, 1.54) is 12.4 Å². The van der Waals surface area contributed by atoms with Gasteiger partial charge < -0.3 is 20.7 Å². The van der Waals surface area contributed by atoms with Crippen LogP contribution in [0, 0.1) is 0 Å². The molecule has 9 heteroatoms. The van der Waals surface area contributed by atoms with Crippen molar-refractivity contribution < 1.29 is 14.3 Å². The first-order chi connectivity index (χ1) is 15.1. The third-order valence-electron chi connectivity index (χ3n) is 4.26. The van der Waals surface area contributed by atoms with Crippen molar-refractivity contribution >= 4 is 35.0 Å². The van der Waals surface area contributed by atoms with Crippen LogP contribution >= 0.6 is 11.6 Å². The van der Waals surface area contributed by atoms with Crippen molar-refractivity contribution in [3.63, 3.8) is 0 Å². The molecule has 3 N–H and O–H groups in total. The highest BCUT2D eigenvalue weighted by Gasteiger charge is 2.16. The van der Waals surface area contributed by atoms with Crippen molar-refractivity contribution in [2.45, 2.75) is 26.3 Å². The number of aromatic nitrogens is 2. The summed E-state index contributed by atoms with van der Waals surface area (Å²) in [4.78, 5) is 33.3. The minimum atomic E-state index is -0.420. The van der Waals surface area contributed by atoms with E-state index in [1.807, 2.05) is 45.0 Å². The number of urea groups is 1. The molecule has 3 rings (SSSR count). The Hall–Kier alpha value is -3.65. The summed E-state index contributed by atoms with van der Waals surface area (Å²) in [7, 11) is 1.60. The molecular formula is C23H24ClN5O3. The molecule has 0 atom stereocenters. The van der Waals surface area contributed by atoms with Gasteiger partial charge in [0.15, 0.2) is 0 Å². The first-order valence-corrected chi connectivity index (χ1v) is 10.2. The van der Waals surface area contributed by atoms with Crippen LogP contribution in [0.5, 0.6) is 5.75 Å². The van der Waals surface area contributed by atoms with E-state index in [0.29, 0.717) is 27.8 Å². The molecule has 0 aliphatic heterocycles. The van der Waals surface area contributed by atoms with E-state index in [1.54, 1.807) is 25.3 Å². The van der Waals surface area contributed by atoms with E-state index in [0.717, 1.165) is 11.3 Å². The number of nitrogens with zero attached hydrogens (tertiary/aromatic N) is 2. The Morgan fingerprint density at radius 3 is 2.34 bits per heavy atom. The van der Waals surface area contributed by atoms with E-state index in [2.05, 4.69) is 25.9 Å². The lowest BCUT2D eigenvalue weighted by molar-refractivity contribution is 0.102. The number of rotatable bonds is 5. The summed E-state index contributed by atoms with van der Waals surface area (Å²) in [5.41, 5.74) is 1.72. The van der Waals surface area contributed by atoms with Gasteiger partial charge in [0.1, 0.15) is 17.9 Å². The van der Waals surface area contributed by atoms with Gasteiger partial charge in [0.25, 0.3) is 5.91 Å². The van der Waals surface area contributed by atoms with Crippen LogP contribution < -0.4 is 20.7 Å². The molecular weight excluding hydrogens is 430 g/mol. The molecule has 8 nitrogen and oxygen atoms in total. The average Bonchev–Trinajstić information content (AvgIpc) is 2.74. The first-order valence-electron chi connectivity index (χ1n) is 9.81. The molecule has 3 aromatic rings. The topological polar surface area (TPSA) is 105 Å². The van der Waals surface area contributed by atoms with E-state index >= 15 is 0 Å². The molecule has 0 unspecified atom stereocenters. The maximum atomic E-state index is 12.8. The Balaban J connectivity index is 1.75. The zero-order valence-corrected chi connectivity index (χ0v) is 18.9. The second-order valence-corrected chi connectivity index (χ2v) is 8.40. The number of amides is 3. The average molecular weight is 454 g/mol. The zero-order chi connectivity index (χ0) is 23.3. The van der Waals surface area contributed by atoms with Gasteiger partial charge in [0, 0.05) is 22.7 Å². The first kappa shape index (κ1) is 23.0. The predicted octanol–water partition coefficient (Wildman–Crippen LogP) is 4.98. The maximum absolute atomic E-state index is 12.8. The molecule has 0 bridgehead atoms. The van der Waals surface area contributed by atoms with Crippen molar-refractivity contribution in [3.8, 4) is 17.0 Å². The van der Waals surface area contributed by atoms with Crippen LogP contribution in [0.3, 0.4) is 0 Å². The molecule has 0 spiro atoms. The van der Waals surface area contributed by atoms with Crippen molar-refractivity contribution in [2.24, 2.45) is 0 Å². The number of hydrogen-bond acceptors (Lipinski definition) is 5. The number of ether oxygens (including phenoxy) is 1. The third-order valence-corrected chi connectivity index (χ3v) is 4.59. The lowest BCUT2D eigenvalue weighted by Gasteiger charge is -2.21. The van der Waals surface area contributed by atoms with Crippen molar-refractivity contribution in [1.29, 1.82) is 0 Å². The van der Waals surface area contributed by atoms with Gasteiger partial charge in [0.2, 0.25) is 0 Å². The molecule has 0 saturated heterocycles. The number of halogens is 1. The van der Waals surface area contributed by atoms with Gasteiger partial charge in [-0.25, -0.2) is 14.8 Å². The van der Waals surface area contributed by atoms with Crippen molar-refractivity contribution in [2.75, 3.05) is 17.7 Å². The second-order valence-electron chi connectivity index (χ2n) is 7.99. The molecule has 1 aromatic heterocycles. The maximum Gasteiger partial charge on any atom is 0.319 e. The summed E-state index contributed by atoms with van der Waals surface area (Å²) in [6.45, 7) is 5.58. The summed E-state index contributed by atoms with van der Waals surface area (Å²) in [6.07, 6.45) is 1.38. The number of nitrogens with one attached hydrogen (secondary N) is 3. The smallest absolute Gasteiger partial charge is 0.319 e. The van der Waals surface area contributed by atoms with Crippen LogP contribution in [0.4, 0.5) is 16.3 Å². The van der Waals surface area contributed by atoms with Crippen LogP contribution in [0.25, 0.3) is 11.3 Å². The van der Waals surface area contributed by atoms with E-state index < -0.39 is 17.5 Å². The van der Waals surface area contributed by atoms with Gasteiger partial charge in [0.05, 0.1) is 23.5 Å². The Morgan fingerprint density at radius 1 is 0.969 bits per heavy atom. The normalized spacial score (nSPS) is 10.9. The Bertz CT molecular complexity index is 1130. The Morgan fingerprint density at radius 2 is 1.69 bits per heavy atom. The zero-order valence-electron chi connectivity index (χ0n) is 18.2. The van der Waals surface area contributed by atoms with Gasteiger partial charge in [-0.05, 0) is 63.2 Å². The molecule has 2 aromatic carbocycles. The highest BCUT2D eigenvalue weighted by Crippen LogP contribution is 2.25. The fourth-order valence-corrected chi connectivity index (χ4v) is 2.96. The monoisotopic (exact) mass is 453 g/mol. The summed E-state index contributed by atoms with van der Waals surface area (Å²) >= 11 is 6.18. The molecule has 32 heavy (non-hydrogen) atoms. The molecule has 1 heterocycles. The van der Waals surface area contributed by atoms with Crippen molar-refractivity contribution in [3.05, 3.63) is 65.4 Å². The number of methoxy groups -OCH3 is 1. The van der Waals surface area contributed by atoms with Gasteiger partial charge >= 0.3 is 6.03 Å². The second kappa shape index (κ2) is 9.65. The van der Waals surface area contributed by atoms with Crippen molar-refractivity contribution in [1.82, 2.24) is 15.3 Å². The lowest BCUT2D eigenvalue weighted by Crippen LogP contribution is -2.43. The Kier molecular flexibility index (Phi) is 6.95. The summed E-state index contributed by atoms with van der Waals surface area (Å²) < 4.78 is 5.17. The van der Waals surface area contributed by atoms with Gasteiger partial charge in [-0.15, -0.1) is 0 Å². The quantitative estimate of drug-likeness (QED) is 0.505. The molecule has 0 radical (unpaired) electrons. The van der Waals surface area contributed by atoms with Gasteiger partial charge in [-0.2, -0.15) is 0 Å². The number of hydrogen-bond donors (Lipinski definition) is 3. The highest BCUT2D eigenvalue weighted by atomic mass is 35.5. The summed E-state index contributed by atoms with van der Waals surface area (Å²) in [5, 5.41) is 8.50. The number of anilines is 2. The van der Waals surface area contributed by atoms with Crippen LogP contribution in [0.15, 0.2) is 54.9 Å². The number of carbonyl (C=O) groups is 2. The molecule has 0 aliphatic rings. The minimum Gasteiger partial charge on any atom is -0.497 e. The van der Waals surface area contributed by atoms with E-state index in [9.17, 15) is 9.59 Å². The number of carbonyl (C=O) groups excluding carboxylic acids is 2. The van der Waals surface area contributed by atoms with Crippen LogP contribution in [-0.2, 0) is 0 Å².